The fourth-order valence-electron chi connectivity index (χ4n) is 12.4. The van der Waals surface area contributed by atoms with Gasteiger partial charge < -0.3 is 18.2 Å². The molecule has 66 heavy (non-hydrogen) atoms. The van der Waals surface area contributed by atoms with E-state index in [9.17, 15) is 0 Å². The van der Waals surface area contributed by atoms with Crippen molar-refractivity contribution in [3.05, 3.63) is 138 Å². The van der Waals surface area contributed by atoms with Gasteiger partial charge in [0.05, 0.1) is 16.7 Å². The van der Waals surface area contributed by atoms with Crippen molar-refractivity contribution in [1.29, 1.82) is 0 Å². The average molecular weight is 877 g/mol. The third kappa shape index (κ3) is 4.96. The molecular weight excluding hydrogens is 824 g/mol. The monoisotopic (exact) mass is 876 g/mol. The zero-order valence-electron chi connectivity index (χ0n) is 39.6. The minimum absolute atomic E-state index is 0.0153. The number of hydrogen-bond donors (Lipinski definition) is 0. The molecule has 14 rings (SSSR count). The maximum atomic E-state index is 7.33. The Bertz CT molecular complexity index is 3970. The van der Waals surface area contributed by atoms with E-state index < -0.39 is 0 Å². The summed E-state index contributed by atoms with van der Waals surface area (Å²) in [5.41, 5.74) is 19.3. The zero-order valence-corrected chi connectivity index (χ0v) is 40.4. The number of rotatable bonds is 1. The van der Waals surface area contributed by atoms with Crippen molar-refractivity contribution in [2.24, 2.45) is 0 Å². The fraction of sp³-hybridized carbons (Fsp3) is 0.267. The molecule has 0 saturated carbocycles. The van der Waals surface area contributed by atoms with Crippen molar-refractivity contribution in [3.8, 4) is 16.8 Å². The minimum Gasteiger partial charge on any atom is -0.456 e. The molecule has 4 aromatic heterocycles. The van der Waals surface area contributed by atoms with Crippen LogP contribution in [0.25, 0.3) is 92.6 Å². The highest BCUT2D eigenvalue weighted by Crippen LogP contribution is 2.55. The van der Waals surface area contributed by atoms with Crippen LogP contribution in [0.2, 0.25) is 0 Å². The molecule has 0 atom stereocenters. The Morgan fingerprint density at radius 2 is 1.24 bits per heavy atom. The van der Waals surface area contributed by atoms with Gasteiger partial charge in [0.25, 0.3) is 0 Å². The van der Waals surface area contributed by atoms with E-state index >= 15 is 0 Å². The van der Waals surface area contributed by atoms with Gasteiger partial charge in [0.2, 0.25) is 0 Å². The number of anilines is 2. The third-order valence-electron chi connectivity index (χ3n) is 16.1. The standard InChI is InChI=1S/C60H53BN2O2S/c1-57(2,3)32-19-22-34(23-20-32)63-44-31-47-37(35-15-11-13-17-45(35)64-47)28-39(44)51-52-54-49(50-36-16-12-14-18-46(36)65-55(50)51)38-27-33(58(4,5)6)21-24-43(38)62(54)53-40-29-41-42(30-48(40)66-56(53)61(52)63)60(9,10)26-25-59(41,7)8/h11-24,27-31H,25-26H2,1-10H3. The lowest BCUT2D eigenvalue weighted by Gasteiger charge is -2.42. The summed E-state index contributed by atoms with van der Waals surface area (Å²) in [6.45, 7) is 23.6. The first kappa shape index (κ1) is 39.0. The van der Waals surface area contributed by atoms with Crippen molar-refractivity contribution < 1.29 is 8.83 Å². The number of thiophene rings is 1. The Morgan fingerprint density at radius 3 is 1.95 bits per heavy atom. The summed E-state index contributed by atoms with van der Waals surface area (Å²) in [5, 5.41) is 8.51. The Morgan fingerprint density at radius 1 is 0.591 bits per heavy atom. The van der Waals surface area contributed by atoms with Crippen LogP contribution in [0.15, 0.2) is 124 Å². The normalized spacial score (nSPS) is 16.4. The van der Waals surface area contributed by atoms with E-state index in [1.165, 1.54) is 99.4 Å². The van der Waals surface area contributed by atoms with Gasteiger partial charge in [-0.3, -0.25) is 0 Å². The molecule has 6 heterocycles. The number of fused-ring (bicyclic) bond motifs is 19. The average Bonchev–Trinajstić information content (AvgIpc) is 4.04. The molecule has 6 heteroatoms. The van der Waals surface area contributed by atoms with E-state index in [1.54, 1.807) is 0 Å². The largest absolute Gasteiger partial charge is 0.456 e. The van der Waals surface area contributed by atoms with E-state index in [0.29, 0.717) is 0 Å². The Balaban J connectivity index is 1.23. The summed E-state index contributed by atoms with van der Waals surface area (Å²) < 4.78 is 19.5. The molecule has 0 fully saturated rings. The number of para-hydroxylation sites is 2. The molecular formula is C60H53BN2O2S. The molecule has 0 spiro atoms. The van der Waals surface area contributed by atoms with E-state index in [0.717, 1.165) is 49.9 Å². The van der Waals surface area contributed by atoms with Gasteiger partial charge in [-0.2, -0.15) is 0 Å². The van der Waals surface area contributed by atoms with E-state index in [1.807, 2.05) is 11.3 Å². The number of nitrogens with zero attached hydrogens (tertiary/aromatic N) is 2. The van der Waals surface area contributed by atoms with Crippen LogP contribution >= 0.6 is 11.3 Å². The summed E-state index contributed by atoms with van der Waals surface area (Å²) >= 11 is 2.00. The van der Waals surface area contributed by atoms with Crippen LogP contribution in [0.4, 0.5) is 11.4 Å². The summed E-state index contributed by atoms with van der Waals surface area (Å²) in [5.74, 6) is 0. The number of aromatic nitrogens is 1. The molecule has 0 unspecified atom stereocenters. The summed E-state index contributed by atoms with van der Waals surface area (Å²) in [6, 6.07) is 43.9. The van der Waals surface area contributed by atoms with Crippen LogP contribution < -0.4 is 15.1 Å². The predicted molar refractivity (Wildman–Crippen MR) is 282 cm³/mol. The topological polar surface area (TPSA) is 34.5 Å². The first-order valence-electron chi connectivity index (χ1n) is 23.9. The smallest absolute Gasteiger partial charge is 0.343 e. The number of hydrogen-bond acceptors (Lipinski definition) is 4. The van der Waals surface area contributed by atoms with Crippen LogP contribution in [0.5, 0.6) is 0 Å². The molecule has 0 N–H and O–H groups in total. The number of furan rings is 2. The molecule has 0 amide bonds. The first-order chi connectivity index (χ1) is 31.5. The third-order valence-corrected chi connectivity index (χ3v) is 17.3. The lowest BCUT2D eigenvalue weighted by molar-refractivity contribution is 0.332. The highest BCUT2D eigenvalue weighted by Gasteiger charge is 2.49. The molecule has 7 aromatic carbocycles. The van der Waals surface area contributed by atoms with Crippen molar-refractivity contribution in [1.82, 2.24) is 4.57 Å². The van der Waals surface area contributed by atoms with Gasteiger partial charge in [-0.1, -0.05) is 124 Å². The Kier molecular flexibility index (Phi) is 7.32. The van der Waals surface area contributed by atoms with E-state index in [-0.39, 0.29) is 28.5 Å². The fourth-order valence-corrected chi connectivity index (χ4v) is 13.7. The van der Waals surface area contributed by atoms with Gasteiger partial charge in [0, 0.05) is 75.7 Å². The second-order valence-corrected chi connectivity index (χ2v) is 24.2. The summed E-state index contributed by atoms with van der Waals surface area (Å²) in [6.07, 6.45) is 2.35. The quantitative estimate of drug-likeness (QED) is 0.154. The van der Waals surface area contributed by atoms with Gasteiger partial charge in [0.15, 0.2) is 0 Å². The maximum absolute atomic E-state index is 7.33. The van der Waals surface area contributed by atoms with Crippen LogP contribution in [-0.4, -0.2) is 11.4 Å². The van der Waals surface area contributed by atoms with Crippen LogP contribution in [0.3, 0.4) is 0 Å². The van der Waals surface area contributed by atoms with E-state index in [2.05, 4.69) is 194 Å². The Labute approximate surface area is 389 Å². The van der Waals surface area contributed by atoms with Crippen molar-refractivity contribution in [3.63, 3.8) is 0 Å². The molecule has 1 aliphatic carbocycles. The van der Waals surface area contributed by atoms with E-state index in [4.69, 9.17) is 8.83 Å². The number of benzene rings is 7. The molecule has 0 radical (unpaired) electrons. The minimum atomic E-state index is -0.153. The summed E-state index contributed by atoms with van der Waals surface area (Å²) in [4.78, 5) is 2.66. The lowest BCUT2D eigenvalue weighted by Crippen LogP contribution is -2.59. The van der Waals surface area contributed by atoms with Gasteiger partial charge in [-0.05, 0) is 117 Å². The van der Waals surface area contributed by atoms with Gasteiger partial charge >= 0.3 is 6.85 Å². The van der Waals surface area contributed by atoms with Crippen LogP contribution in [0.1, 0.15) is 104 Å². The lowest BCUT2D eigenvalue weighted by atomic mass is 9.47. The molecule has 0 saturated heterocycles. The van der Waals surface area contributed by atoms with Gasteiger partial charge in [0.1, 0.15) is 22.3 Å². The van der Waals surface area contributed by atoms with Crippen molar-refractivity contribution >= 4 is 116 Å². The first-order valence-corrected chi connectivity index (χ1v) is 24.7. The second kappa shape index (κ2) is 12.4. The summed E-state index contributed by atoms with van der Waals surface area (Å²) in [7, 11) is 0. The second-order valence-electron chi connectivity index (χ2n) is 23.1. The highest BCUT2D eigenvalue weighted by molar-refractivity contribution is 7.32. The maximum Gasteiger partial charge on any atom is 0.343 e. The molecule has 4 nitrogen and oxygen atoms in total. The Hall–Kier alpha value is -6.24. The zero-order chi connectivity index (χ0) is 45.1. The van der Waals surface area contributed by atoms with Crippen molar-refractivity contribution in [2.75, 3.05) is 4.81 Å². The van der Waals surface area contributed by atoms with Crippen molar-refractivity contribution in [2.45, 2.75) is 104 Å². The molecule has 2 aliphatic heterocycles. The predicted octanol–water partition coefficient (Wildman–Crippen LogP) is 16.0. The molecule has 3 aliphatic rings. The molecule has 324 valence electrons. The SMILES string of the molecule is CC(C)(C)c1ccc(N2B3c4sc5cc6c(cc5c4-n4c5ccc(C(C)(C)C)cc5c5c7c(oc8ccccc87)c(c3c54)-c3cc4c(cc32)oc2ccccc24)C(C)(C)CCC6(C)C)cc1. The highest BCUT2D eigenvalue weighted by atomic mass is 32.1. The van der Waals surface area contributed by atoms with Gasteiger partial charge in [-0.15, -0.1) is 11.3 Å². The van der Waals surface area contributed by atoms with Gasteiger partial charge in [-0.25, -0.2) is 0 Å². The molecule has 0 bridgehead atoms. The van der Waals surface area contributed by atoms with Crippen LogP contribution in [0, 0.1) is 0 Å². The molecule has 11 aromatic rings. The van der Waals surface area contributed by atoms with Crippen LogP contribution in [-0.2, 0) is 21.7 Å².